The number of allylic oxidation sites excluding steroid dienone is 1. The van der Waals surface area contributed by atoms with Crippen LogP contribution in [0, 0.1) is 0 Å². The van der Waals surface area contributed by atoms with Crippen LogP contribution in [0.2, 0.25) is 0 Å². The van der Waals surface area contributed by atoms with Gasteiger partial charge >= 0.3 is 0 Å². The summed E-state index contributed by atoms with van der Waals surface area (Å²) in [6.07, 6.45) is 1.84. The minimum Gasteiger partial charge on any atom is -0.508 e. The molecule has 0 bridgehead atoms. The van der Waals surface area contributed by atoms with Crippen molar-refractivity contribution in [1.29, 1.82) is 0 Å². The molecule has 0 spiro atoms. The second-order valence-electron chi connectivity index (χ2n) is 6.11. The van der Waals surface area contributed by atoms with E-state index in [9.17, 15) is 10.2 Å². The van der Waals surface area contributed by atoms with Crippen molar-refractivity contribution in [1.82, 2.24) is 0 Å². The van der Waals surface area contributed by atoms with Crippen LogP contribution in [0.5, 0.6) is 11.5 Å². The summed E-state index contributed by atoms with van der Waals surface area (Å²) in [5, 5.41) is 19.4. The van der Waals surface area contributed by atoms with Crippen molar-refractivity contribution in [2.75, 3.05) is 0 Å². The Morgan fingerprint density at radius 1 is 0.625 bits per heavy atom. The number of hydrogen-bond donors (Lipinski definition) is 2. The van der Waals surface area contributed by atoms with Crippen LogP contribution in [0.1, 0.15) is 28.7 Å². The summed E-state index contributed by atoms with van der Waals surface area (Å²) in [5.41, 5.74) is 7.11. The Bertz CT molecular complexity index is 906. The van der Waals surface area contributed by atoms with Crippen molar-refractivity contribution in [2.45, 2.75) is 12.8 Å². The summed E-state index contributed by atoms with van der Waals surface area (Å²) in [6, 6.07) is 23.4. The lowest BCUT2D eigenvalue weighted by Crippen LogP contribution is -2.06. The second-order valence-corrected chi connectivity index (χ2v) is 6.11. The third kappa shape index (κ3) is 2.56. The first-order valence-electron chi connectivity index (χ1n) is 8.12. The van der Waals surface area contributed by atoms with E-state index in [1.807, 2.05) is 30.3 Å². The lowest BCUT2D eigenvalue weighted by atomic mass is 9.79. The average molecular weight is 314 g/mol. The summed E-state index contributed by atoms with van der Waals surface area (Å²) in [5.74, 6) is 0.573. The molecule has 2 nitrogen and oxygen atoms in total. The molecule has 2 N–H and O–H groups in total. The van der Waals surface area contributed by atoms with E-state index in [1.54, 1.807) is 18.2 Å². The quantitative estimate of drug-likeness (QED) is 0.698. The first-order chi connectivity index (χ1) is 11.7. The second kappa shape index (κ2) is 5.89. The summed E-state index contributed by atoms with van der Waals surface area (Å²) in [6.45, 7) is 0. The molecule has 0 aromatic heterocycles. The van der Waals surface area contributed by atoms with E-state index in [0.29, 0.717) is 5.75 Å². The van der Waals surface area contributed by atoms with Gasteiger partial charge in [-0.3, -0.25) is 0 Å². The van der Waals surface area contributed by atoms with Crippen LogP contribution in [-0.2, 0) is 6.42 Å². The molecule has 24 heavy (non-hydrogen) atoms. The summed E-state index contributed by atoms with van der Waals surface area (Å²) < 4.78 is 0. The van der Waals surface area contributed by atoms with Gasteiger partial charge in [0.2, 0.25) is 0 Å². The highest BCUT2D eigenvalue weighted by molar-refractivity contribution is 6.00. The fourth-order valence-electron chi connectivity index (χ4n) is 3.46. The summed E-state index contributed by atoms with van der Waals surface area (Å²) in [7, 11) is 0. The van der Waals surface area contributed by atoms with Gasteiger partial charge in [-0.15, -0.1) is 0 Å². The Kier molecular flexibility index (Phi) is 3.58. The van der Waals surface area contributed by atoms with E-state index in [0.717, 1.165) is 29.5 Å². The molecule has 0 saturated carbocycles. The Morgan fingerprint density at radius 2 is 1.33 bits per heavy atom. The van der Waals surface area contributed by atoms with E-state index in [1.165, 1.54) is 16.7 Å². The SMILES string of the molecule is Oc1ccc(C2=C(c3ccccc3)CCc3cc(O)ccc32)cc1. The predicted molar refractivity (Wildman–Crippen MR) is 96.9 cm³/mol. The van der Waals surface area contributed by atoms with Gasteiger partial charge in [0.1, 0.15) is 11.5 Å². The van der Waals surface area contributed by atoms with Gasteiger partial charge in [-0.05, 0) is 70.5 Å². The van der Waals surface area contributed by atoms with Gasteiger partial charge in [0.15, 0.2) is 0 Å². The maximum atomic E-state index is 9.82. The van der Waals surface area contributed by atoms with Gasteiger partial charge in [-0.1, -0.05) is 48.5 Å². The molecule has 0 atom stereocenters. The summed E-state index contributed by atoms with van der Waals surface area (Å²) >= 11 is 0. The zero-order valence-corrected chi connectivity index (χ0v) is 13.2. The van der Waals surface area contributed by atoms with Crippen molar-refractivity contribution < 1.29 is 10.2 Å². The van der Waals surface area contributed by atoms with Gasteiger partial charge in [0, 0.05) is 0 Å². The molecular weight excluding hydrogens is 296 g/mol. The van der Waals surface area contributed by atoms with Crippen molar-refractivity contribution >= 4 is 11.1 Å². The van der Waals surface area contributed by atoms with E-state index in [-0.39, 0.29) is 5.75 Å². The van der Waals surface area contributed by atoms with E-state index < -0.39 is 0 Å². The molecule has 4 rings (SSSR count). The third-order valence-corrected chi connectivity index (χ3v) is 4.58. The monoisotopic (exact) mass is 314 g/mol. The molecular formula is C22H18O2. The zero-order chi connectivity index (χ0) is 16.5. The molecule has 2 heteroatoms. The molecule has 1 aliphatic rings. The lowest BCUT2D eigenvalue weighted by Gasteiger charge is -2.24. The molecule has 0 unspecified atom stereocenters. The highest BCUT2D eigenvalue weighted by Crippen LogP contribution is 2.41. The number of rotatable bonds is 2. The lowest BCUT2D eigenvalue weighted by molar-refractivity contribution is 0.474. The standard InChI is InChI=1S/C22H18O2/c23-18-9-6-16(7-10-18)22-20(15-4-2-1-3-5-15)12-8-17-14-19(24)11-13-21(17)22/h1-7,9-11,13-14,23-24H,8,12H2. The molecule has 1 aliphatic carbocycles. The molecule has 0 aliphatic heterocycles. The van der Waals surface area contributed by atoms with Crippen LogP contribution in [0.4, 0.5) is 0 Å². The molecule has 3 aromatic rings. The van der Waals surface area contributed by atoms with Crippen molar-refractivity contribution in [3.8, 4) is 11.5 Å². The van der Waals surface area contributed by atoms with Gasteiger partial charge in [-0.25, -0.2) is 0 Å². The van der Waals surface area contributed by atoms with Crippen LogP contribution in [0.15, 0.2) is 72.8 Å². The number of phenolic OH excluding ortho intramolecular Hbond substituents is 2. The highest BCUT2D eigenvalue weighted by atomic mass is 16.3. The molecule has 3 aromatic carbocycles. The highest BCUT2D eigenvalue weighted by Gasteiger charge is 2.21. The minimum absolute atomic E-state index is 0.266. The first-order valence-corrected chi connectivity index (χ1v) is 8.12. The van der Waals surface area contributed by atoms with Gasteiger partial charge in [-0.2, -0.15) is 0 Å². The smallest absolute Gasteiger partial charge is 0.115 e. The van der Waals surface area contributed by atoms with E-state index in [4.69, 9.17) is 0 Å². The maximum Gasteiger partial charge on any atom is 0.115 e. The molecule has 0 fully saturated rings. The van der Waals surface area contributed by atoms with E-state index >= 15 is 0 Å². The van der Waals surface area contributed by atoms with Gasteiger partial charge in [0.05, 0.1) is 0 Å². The number of aromatic hydroxyl groups is 2. The molecule has 118 valence electrons. The number of aryl methyl sites for hydroxylation is 1. The number of benzene rings is 3. The molecule has 0 heterocycles. The molecule has 0 amide bonds. The minimum atomic E-state index is 0.266. The summed E-state index contributed by atoms with van der Waals surface area (Å²) in [4.78, 5) is 0. The molecule has 0 saturated heterocycles. The zero-order valence-electron chi connectivity index (χ0n) is 13.2. The predicted octanol–water partition coefficient (Wildman–Crippen LogP) is 5.00. The van der Waals surface area contributed by atoms with Crippen molar-refractivity contribution in [2.24, 2.45) is 0 Å². The van der Waals surface area contributed by atoms with Crippen molar-refractivity contribution in [3.05, 3.63) is 95.1 Å². The average Bonchev–Trinajstić information content (AvgIpc) is 2.62. The third-order valence-electron chi connectivity index (χ3n) is 4.58. The van der Waals surface area contributed by atoms with Crippen molar-refractivity contribution in [3.63, 3.8) is 0 Å². The first kappa shape index (κ1) is 14.6. The number of phenols is 2. The molecule has 0 radical (unpaired) electrons. The van der Waals surface area contributed by atoms with E-state index in [2.05, 4.69) is 24.3 Å². The normalized spacial score (nSPS) is 13.7. The van der Waals surface area contributed by atoms with Gasteiger partial charge in [0.25, 0.3) is 0 Å². The Morgan fingerprint density at radius 3 is 2.08 bits per heavy atom. The Hall–Kier alpha value is -3.00. The van der Waals surface area contributed by atoms with Crippen LogP contribution in [-0.4, -0.2) is 10.2 Å². The topological polar surface area (TPSA) is 40.5 Å². The van der Waals surface area contributed by atoms with Crippen LogP contribution >= 0.6 is 0 Å². The van der Waals surface area contributed by atoms with Crippen LogP contribution in [0.3, 0.4) is 0 Å². The number of fused-ring (bicyclic) bond motifs is 1. The van der Waals surface area contributed by atoms with Crippen LogP contribution in [0.25, 0.3) is 11.1 Å². The van der Waals surface area contributed by atoms with Crippen LogP contribution < -0.4 is 0 Å². The fraction of sp³-hybridized carbons (Fsp3) is 0.0909. The number of hydrogen-bond acceptors (Lipinski definition) is 2. The van der Waals surface area contributed by atoms with Gasteiger partial charge < -0.3 is 10.2 Å². The maximum absolute atomic E-state index is 9.82. The largest absolute Gasteiger partial charge is 0.508 e. The fourth-order valence-corrected chi connectivity index (χ4v) is 3.46. The Balaban J connectivity index is 1.98. The Labute approximate surface area is 141 Å².